The number of unbranched alkanes of at least 4 members (excludes halogenated alkanes) is 6. The van der Waals surface area contributed by atoms with Crippen molar-refractivity contribution in [2.45, 2.75) is 77.6 Å². The standard InChI is InChI=1S/C19H30F2/c1-2-3-4-5-6-7-9-14-18(16-19(20)21)15-17-12-10-8-11-13-17/h8,10-13,18-19H,2-7,9,14-16H2,1H3. The topological polar surface area (TPSA) is 0 Å². The van der Waals surface area contributed by atoms with Gasteiger partial charge in [-0.1, -0.05) is 82.2 Å². The fourth-order valence-corrected chi connectivity index (χ4v) is 2.89. The van der Waals surface area contributed by atoms with Crippen LogP contribution >= 0.6 is 0 Å². The Bertz CT molecular complexity index is 335. The molecule has 1 atom stereocenters. The zero-order chi connectivity index (χ0) is 15.3. The zero-order valence-electron chi connectivity index (χ0n) is 13.4. The Balaban J connectivity index is 2.23. The number of benzene rings is 1. The van der Waals surface area contributed by atoms with Crippen LogP contribution in [0.15, 0.2) is 30.3 Å². The third kappa shape index (κ3) is 9.60. The summed E-state index contributed by atoms with van der Waals surface area (Å²) in [5, 5.41) is 0. The summed E-state index contributed by atoms with van der Waals surface area (Å²) in [6, 6.07) is 10.0. The molecule has 120 valence electrons. The van der Waals surface area contributed by atoms with Crippen LogP contribution in [-0.4, -0.2) is 6.43 Å². The van der Waals surface area contributed by atoms with Gasteiger partial charge in [0.05, 0.1) is 0 Å². The molecule has 0 aliphatic carbocycles. The highest BCUT2D eigenvalue weighted by Gasteiger charge is 2.15. The van der Waals surface area contributed by atoms with Crippen molar-refractivity contribution in [3.63, 3.8) is 0 Å². The SMILES string of the molecule is CCCCCCCCCC(Cc1ccccc1)CC(F)F. The molecule has 21 heavy (non-hydrogen) atoms. The van der Waals surface area contributed by atoms with Gasteiger partial charge in [0.2, 0.25) is 6.43 Å². The summed E-state index contributed by atoms with van der Waals surface area (Å²) in [7, 11) is 0. The summed E-state index contributed by atoms with van der Waals surface area (Å²) >= 11 is 0. The molecule has 0 saturated carbocycles. The Kier molecular flexibility index (Phi) is 10.1. The van der Waals surface area contributed by atoms with Crippen LogP contribution < -0.4 is 0 Å². The van der Waals surface area contributed by atoms with Crippen LogP contribution in [-0.2, 0) is 6.42 Å². The number of hydrogen-bond acceptors (Lipinski definition) is 0. The maximum absolute atomic E-state index is 12.7. The molecule has 0 nitrogen and oxygen atoms in total. The molecule has 0 aliphatic heterocycles. The summed E-state index contributed by atoms with van der Waals surface area (Å²) in [6.45, 7) is 2.22. The molecule has 1 rings (SSSR count). The lowest BCUT2D eigenvalue weighted by atomic mass is 9.91. The number of alkyl halides is 2. The molecular formula is C19H30F2. The van der Waals surface area contributed by atoms with E-state index in [1.54, 1.807) is 0 Å². The first-order valence-electron chi connectivity index (χ1n) is 8.54. The highest BCUT2D eigenvalue weighted by Crippen LogP contribution is 2.23. The van der Waals surface area contributed by atoms with Gasteiger partial charge in [-0.25, -0.2) is 8.78 Å². The molecule has 0 fully saturated rings. The summed E-state index contributed by atoms with van der Waals surface area (Å²) in [5.74, 6) is 0.128. The van der Waals surface area contributed by atoms with E-state index in [1.165, 1.54) is 44.1 Å². The van der Waals surface area contributed by atoms with Gasteiger partial charge in [-0.15, -0.1) is 0 Å². The summed E-state index contributed by atoms with van der Waals surface area (Å²) in [5.41, 5.74) is 1.19. The molecule has 0 aliphatic rings. The van der Waals surface area contributed by atoms with Crippen LogP contribution in [0.2, 0.25) is 0 Å². The lowest BCUT2D eigenvalue weighted by Gasteiger charge is -2.16. The fourth-order valence-electron chi connectivity index (χ4n) is 2.89. The van der Waals surface area contributed by atoms with Crippen molar-refractivity contribution in [1.29, 1.82) is 0 Å². The molecule has 1 aromatic rings. The van der Waals surface area contributed by atoms with Gasteiger partial charge in [0.15, 0.2) is 0 Å². The Morgan fingerprint density at radius 3 is 2.10 bits per heavy atom. The molecule has 2 heteroatoms. The molecule has 0 bridgehead atoms. The second-order valence-electron chi connectivity index (χ2n) is 6.09. The molecule has 1 unspecified atom stereocenters. The molecule has 0 aromatic heterocycles. The maximum atomic E-state index is 12.7. The van der Waals surface area contributed by atoms with Gasteiger partial charge in [0, 0.05) is 6.42 Å². The highest BCUT2D eigenvalue weighted by molar-refractivity contribution is 5.15. The minimum Gasteiger partial charge on any atom is -0.211 e. The van der Waals surface area contributed by atoms with E-state index in [9.17, 15) is 8.78 Å². The van der Waals surface area contributed by atoms with Crippen molar-refractivity contribution in [3.05, 3.63) is 35.9 Å². The largest absolute Gasteiger partial charge is 0.238 e. The van der Waals surface area contributed by atoms with Gasteiger partial charge < -0.3 is 0 Å². The van der Waals surface area contributed by atoms with Gasteiger partial charge in [0.25, 0.3) is 0 Å². The quantitative estimate of drug-likeness (QED) is 0.379. The monoisotopic (exact) mass is 296 g/mol. The number of halogens is 2. The van der Waals surface area contributed by atoms with E-state index in [-0.39, 0.29) is 12.3 Å². The Morgan fingerprint density at radius 2 is 1.48 bits per heavy atom. The predicted molar refractivity (Wildman–Crippen MR) is 86.9 cm³/mol. The van der Waals surface area contributed by atoms with Crippen molar-refractivity contribution in [2.24, 2.45) is 5.92 Å². The van der Waals surface area contributed by atoms with Gasteiger partial charge in [-0.05, 0) is 24.3 Å². The minimum absolute atomic E-state index is 0.0464. The van der Waals surface area contributed by atoms with Crippen molar-refractivity contribution < 1.29 is 8.78 Å². The van der Waals surface area contributed by atoms with E-state index >= 15 is 0 Å². The molecule has 0 heterocycles. The third-order valence-electron chi connectivity index (χ3n) is 4.09. The Labute approximate surface area is 129 Å². The molecule has 0 saturated heterocycles. The Morgan fingerprint density at radius 1 is 0.857 bits per heavy atom. The molecule has 0 radical (unpaired) electrons. The molecule has 0 amide bonds. The second-order valence-corrected chi connectivity index (χ2v) is 6.09. The summed E-state index contributed by atoms with van der Waals surface area (Å²) in [4.78, 5) is 0. The van der Waals surface area contributed by atoms with Crippen LogP contribution in [0.3, 0.4) is 0 Å². The van der Waals surface area contributed by atoms with Crippen LogP contribution in [0.1, 0.15) is 70.3 Å². The maximum Gasteiger partial charge on any atom is 0.238 e. The lowest BCUT2D eigenvalue weighted by molar-refractivity contribution is 0.111. The molecule has 0 spiro atoms. The normalized spacial score (nSPS) is 12.8. The second kappa shape index (κ2) is 11.7. The van der Waals surface area contributed by atoms with Crippen molar-refractivity contribution in [2.75, 3.05) is 0 Å². The van der Waals surface area contributed by atoms with E-state index in [0.717, 1.165) is 19.3 Å². The molecular weight excluding hydrogens is 266 g/mol. The lowest BCUT2D eigenvalue weighted by Crippen LogP contribution is -2.09. The van der Waals surface area contributed by atoms with Gasteiger partial charge in [0.1, 0.15) is 0 Å². The highest BCUT2D eigenvalue weighted by atomic mass is 19.3. The van der Waals surface area contributed by atoms with E-state index in [0.29, 0.717) is 0 Å². The average Bonchev–Trinajstić information content (AvgIpc) is 2.46. The van der Waals surface area contributed by atoms with E-state index in [1.807, 2.05) is 30.3 Å². The van der Waals surface area contributed by atoms with Crippen LogP contribution in [0, 0.1) is 5.92 Å². The zero-order valence-corrected chi connectivity index (χ0v) is 13.4. The van der Waals surface area contributed by atoms with E-state index < -0.39 is 6.43 Å². The van der Waals surface area contributed by atoms with Crippen molar-refractivity contribution in [1.82, 2.24) is 0 Å². The first-order valence-corrected chi connectivity index (χ1v) is 8.54. The molecule has 1 aromatic carbocycles. The van der Waals surface area contributed by atoms with Crippen LogP contribution in [0.4, 0.5) is 8.78 Å². The van der Waals surface area contributed by atoms with Gasteiger partial charge in [-0.3, -0.25) is 0 Å². The van der Waals surface area contributed by atoms with Crippen LogP contribution in [0.5, 0.6) is 0 Å². The molecule has 0 N–H and O–H groups in total. The van der Waals surface area contributed by atoms with E-state index in [2.05, 4.69) is 6.92 Å². The first kappa shape index (κ1) is 18.1. The van der Waals surface area contributed by atoms with Crippen molar-refractivity contribution in [3.8, 4) is 0 Å². The number of rotatable bonds is 12. The Hall–Kier alpha value is -0.920. The van der Waals surface area contributed by atoms with Gasteiger partial charge in [-0.2, -0.15) is 0 Å². The van der Waals surface area contributed by atoms with E-state index in [4.69, 9.17) is 0 Å². The van der Waals surface area contributed by atoms with Crippen molar-refractivity contribution >= 4 is 0 Å². The van der Waals surface area contributed by atoms with Crippen LogP contribution in [0.25, 0.3) is 0 Å². The smallest absolute Gasteiger partial charge is 0.211 e. The minimum atomic E-state index is -2.18. The average molecular weight is 296 g/mol. The summed E-state index contributed by atoms with van der Waals surface area (Å²) < 4.78 is 25.4. The fraction of sp³-hybridized carbons (Fsp3) is 0.684. The van der Waals surface area contributed by atoms with Gasteiger partial charge >= 0.3 is 0 Å². The third-order valence-corrected chi connectivity index (χ3v) is 4.09. The summed E-state index contributed by atoms with van der Waals surface area (Å²) in [6.07, 6.45) is 8.35. The number of hydrogen-bond donors (Lipinski definition) is 0. The first-order chi connectivity index (χ1) is 10.2. The predicted octanol–water partition coefficient (Wildman–Crippen LogP) is 6.64.